The number of hydrogen-bond donors (Lipinski definition) is 0. The van der Waals surface area contributed by atoms with Crippen LogP contribution in [0.2, 0.25) is 0 Å². The fraction of sp³-hybridized carbons (Fsp3) is 0.410. The van der Waals surface area contributed by atoms with Crippen molar-refractivity contribution < 1.29 is 14.3 Å². The summed E-state index contributed by atoms with van der Waals surface area (Å²) in [6, 6.07) is 30.1. The van der Waals surface area contributed by atoms with Gasteiger partial charge >= 0.3 is 5.97 Å². The van der Waals surface area contributed by atoms with Crippen molar-refractivity contribution in [3.8, 4) is 0 Å². The summed E-state index contributed by atoms with van der Waals surface area (Å²) in [7, 11) is 1.42. The summed E-state index contributed by atoms with van der Waals surface area (Å²) in [6.07, 6.45) is 5.49. The van der Waals surface area contributed by atoms with Gasteiger partial charge in [0.1, 0.15) is 5.92 Å². The molecule has 0 aromatic heterocycles. The van der Waals surface area contributed by atoms with Crippen molar-refractivity contribution in [1.29, 1.82) is 0 Å². The van der Waals surface area contributed by atoms with Crippen molar-refractivity contribution in [3.05, 3.63) is 119 Å². The Morgan fingerprint density at radius 2 is 1.56 bits per heavy atom. The summed E-state index contributed by atoms with van der Waals surface area (Å²) in [5.74, 6) is -1.24. The minimum atomic E-state index is -0.582. The lowest BCUT2D eigenvalue weighted by Crippen LogP contribution is -2.44. The monoisotopic (exact) mass is 605 g/mol. The number of carbonyl (C=O) groups excluding carboxylic acids is 2. The Labute approximate surface area is 268 Å². The van der Waals surface area contributed by atoms with Gasteiger partial charge in [0.2, 0.25) is 6.41 Å². The summed E-state index contributed by atoms with van der Waals surface area (Å²) < 4.78 is 5.28. The van der Waals surface area contributed by atoms with Crippen LogP contribution in [0.4, 0.5) is 0 Å². The molecule has 0 bridgehead atoms. The van der Waals surface area contributed by atoms with Crippen LogP contribution in [0.1, 0.15) is 74.1 Å². The molecule has 2 unspecified atom stereocenters. The van der Waals surface area contributed by atoms with Crippen LogP contribution in [0.3, 0.4) is 0 Å². The number of hydrogen-bond acceptors (Lipinski definition) is 5. The van der Waals surface area contributed by atoms with Crippen LogP contribution in [-0.2, 0) is 19.7 Å². The van der Waals surface area contributed by atoms with Crippen molar-refractivity contribution in [2.24, 2.45) is 10.9 Å². The van der Waals surface area contributed by atoms with Crippen LogP contribution < -0.4 is 0 Å². The summed E-state index contributed by atoms with van der Waals surface area (Å²) in [5.41, 5.74) is 7.38. The molecule has 0 saturated carbocycles. The van der Waals surface area contributed by atoms with E-state index in [0.29, 0.717) is 6.54 Å². The smallest absolute Gasteiger partial charge is 0.315 e. The number of nitrogens with zero attached hydrogens (tertiary/aromatic N) is 3. The number of allylic oxidation sites excluding steroid dienone is 2. The number of rotatable bonds is 12. The van der Waals surface area contributed by atoms with Crippen LogP contribution in [0.25, 0.3) is 0 Å². The van der Waals surface area contributed by atoms with E-state index in [0.717, 1.165) is 86.4 Å². The number of likely N-dealkylation sites (tertiary alicyclic amines) is 1. The molecule has 2 heterocycles. The standard InChI is InChI=1S/C39H47N3O3/c1-5-13-34-37(36(31-20-18-29(2)19-21-31)35(30(3)40-34)38(44)45-4)42(28-43)25-12-24-41-26-22-39(23-27-41,32-14-8-6-9-15-32)33-16-10-7-11-17-33/h6-11,14-21,28,35-36H,5,12-13,22-27H2,1-4H3. The van der Waals surface area contributed by atoms with E-state index in [-0.39, 0.29) is 17.3 Å². The van der Waals surface area contributed by atoms with Gasteiger partial charge in [-0.15, -0.1) is 0 Å². The second-order valence-corrected chi connectivity index (χ2v) is 12.5. The van der Waals surface area contributed by atoms with Gasteiger partial charge in [0.25, 0.3) is 0 Å². The molecule has 2 aliphatic rings. The molecule has 0 aliphatic carbocycles. The van der Waals surface area contributed by atoms with Crippen LogP contribution in [0, 0.1) is 12.8 Å². The largest absolute Gasteiger partial charge is 0.468 e. The normalized spacial score (nSPS) is 20.0. The Hall–Kier alpha value is -4.03. The molecule has 2 aliphatic heterocycles. The third-order valence-corrected chi connectivity index (χ3v) is 9.74. The molecule has 1 fully saturated rings. The molecule has 236 valence electrons. The maximum Gasteiger partial charge on any atom is 0.315 e. The summed E-state index contributed by atoms with van der Waals surface area (Å²) in [6.45, 7) is 9.53. The molecule has 3 aromatic rings. The molecule has 5 rings (SSSR count). The first-order chi connectivity index (χ1) is 21.9. The highest BCUT2D eigenvalue weighted by molar-refractivity contribution is 6.03. The minimum Gasteiger partial charge on any atom is -0.468 e. The molecule has 6 nitrogen and oxygen atoms in total. The van der Waals surface area contributed by atoms with Gasteiger partial charge in [0, 0.05) is 23.6 Å². The topological polar surface area (TPSA) is 62.2 Å². The number of methoxy groups -OCH3 is 1. The molecule has 45 heavy (non-hydrogen) atoms. The lowest BCUT2D eigenvalue weighted by atomic mass is 9.68. The lowest BCUT2D eigenvalue weighted by Gasteiger charge is -2.43. The van der Waals surface area contributed by atoms with E-state index in [1.54, 1.807) is 0 Å². The average Bonchev–Trinajstić information content (AvgIpc) is 3.08. The first kappa shape index (κ1) is 32.4. The zero-order valence-corrected chi connectivity index (χ0v) is 27.2. The molecule has 0 radical (unpaired) electrons. The van der Waals surface area contributed by atoms with Gasteiger partial charge in [-0.2, -0.15) is 0 Å². The maximum absolute atomic E-state index is 13.2. The first-order valence-electron chi connectivity index (χ1n) is 16.4. The van der Waals surface area contributed by atoms with E-state index < -0.39 is 5.92 Å². The van der Waals surface area contributed by atoms with E-state index in [9.17, 15) is 9.59 Å². The van der Waals surface area contributed by atoms with Crippen LogP contribution >= 0.6 is 0 Å². The van der Waals surface area contributed by atoms with Gasteiger partial charge in [-0.3, -0.25) is 14.6 Å². The fourth-order valence-electron chi connectivity index (χ4n) is 7.35. The zero-order valence-electron chi connectivity index (χ0n) is 27.2. The van der Waals surface area contributed by atoms with E-state index in [1.165, 1.54) is 18.2 Å². The van der Waals surface area contributed by atoms with Crippen LogP contribution in [0.5, 0.6) is 0 Å². The Balaban J connectivity index is 1.35. The molecule has 0 N–H and O–H groups in total. The second-order valence-electron chi connectivity index (χ2n) is 12.5. The van der Waals surface area contributed by atoms with E-state index in [1.807, 2.05) is 11.8 Å². The van der Waals surface area contributed by atoms with Gasteiger partial charge < -0.3 is 14.5 Å². The highest BCUT2D eigenvalue weighted by Gasteiger charge is 2.42. The molecule has 6 heteroatoms. The number of aryl methyl sites for hydroxylation is 1. The third kappa shape index (κ3) is 6.96. The van der Waals surface area contributed by atoms with Gasteiger partial charge in [-0.25, -0.2) is 0 Å². The molecule has 3 aromatic carbocycles. The van der Waals surface area contributed by atoms with Crippen molar-refractivity contribution in [2.45, 2.75) is 64.2 Å². The number of carbonyl (C=O) groups is 2. The third-order valence-electron chi connectivity index (χ3n) is 9.74. The Morgan fingerprint density at radius 3 is 2.09 bits per heavy atom. The van der Waals surface area contributed by atoms with Gasteiger partial charge in [0.15, 0.2) is 0 Å². The number of piperidine rings is 1. The Bertz CT molecular complexity index is 1450. The Morgan fingerprint density at radius 1 is 0.956 bits per heavy atom. The van der Waals surface area contributed by atoms with Gasteiger partial charge in [-0.1, -0.05) is 104 Å². The molecule has 1 saturated heterocycles. The highest BCUT2D eigenvalue weighted by atomic mass is 16.5. The van der Waals surface area contributed by atoms with E-state index in [4.69, 9.17) is 9.73 Å². The fourth-order valence-corrected chi connectivity index (χ4v) is 7.35. The first-order valence-corrected chi connectivity index (χ1v) is 16.4. The van der Waals surface area contributed by atoms with Crippen LogP contribution in [0.15, 0.2) is 101 Å². The second kappa shape index (κ2) is 14.8. The summed E-state index contributed by atoms with van der Waals surface area (Å²) in [5, 5.41) is 0. The molecule has 2 atom stereocenters. The number of ether oxygens (including phenoxy) is 1. The maximum atomic E-state index is 13.2. The average molecular weight is 606 g/mol. The predicted molar refractivity (Wildman–Crippen MR) is 181 cm³/mol. The van der Waals surface area contributed by atoms with Crippen molar-refractivity contribution >= 4 is 18.1 Å². The predicted octanol–water partition coefficient (Wildman–Crippen LogP) is 7.28. The van der Waals surface area contributed by atoms with Gasteiger partial charge in [-0.05, 0) is 75.9 Å². The molecule has 1 amide bonds. The highest BCUT2D eigenvalue weighted by Crippen LogP contribution is 2.43. The van der Waals surface area contributed by atoms with Crippen molar-refractivity contribution in [2.75, 3.05) is 33.3 Å². The Kier molecular flexibility index (Phi) is 10.7. The minimum absolute atomic E-state index is 0.00976. The number of esters is 1. The molecular weight excluding hydrogens is 558 g/mol. The quantitative estimate of drug-likeness (QED) is 0.161. The van der Waals surface area contributed by atoms with Crippen LogP contribution in [-0.4, -0.2) is 61.2 Å². The SMILES string of the molecule is CCCC1=C(N(C=O)CCCN2CCC(c3ccccc3)(c3ccccc3)CC2)C(c2ccc(C)cc2)C(C(=O)OC)C(C)=N1. The van der Waals surface area contributed by atoms with Gasteiger partial charge in [0.05, 0.1) is 18.5 Å². The molecular formula is C39H47N3O3. The van der Waals surface area contributed by atoms with E-state index >= 15 is 0 Å². The molecule has 0 spiro atoms. The number of amides is 1. The number of benzene rings is 3. The lowest BCUT2D eigenvalue weighted by molar-refractivity contribution is -0.143. The van der Waals surface area contributed by atoms with Crippen molar-refractivity contribution in [1.82, 2.24) is 9.80 Å². The zero-order chi connectivity index (χ0) is 31.8. The van der Waals surface area contributed by atoms with E-state index in [2.05, 4.69) is 104 Å². The summed E-state index contributed by atoms with van der Waals surface area (Å²) >= 11 is 0. The summed E-state index contributed by atoms with van der Waals surface area (Å²) in [4.78, 5) is 35.3. The number of aliphatic imine (C=N–C) groups is 1. The van der Waals surface area contributed by atoms with Crippen molar-refractivity contribution in [3.63, 3.8) is 0 Å².